The quantitative estimate of drug-likeness (QED) is 0.858. The first-order valence-electron chi connectivity index (χ1n) is 6.60. The molecule has 2 rings (SSSR count). The second-order valence-electron chi connectivity index (χ2n) is 5.92. The molecule has 0 saturated carbocycles. The molecule has 18 heavy (non-hydrogen) atoms. The Bertz CT molecular complexity index is 401. The molecule has 4 nitrogen and oxygen atoms in total. The highest BCUT2D eigenvalue weighted by atomic mass is 15.2. The molecule has 2 heterocycles. The van der Waals surface area contributed by atoms with Crippen molar-refractivity contribution in [3.05, 3.63) is 18.3 Å². The summed E-state index contributed by atoms with van der Waals surface area (Å²) in [5.74, 6) is 1.01. The van der Waals surface area contributed by atoms with Crippen molar-refractivity contribution >= 4 is 11.5 Å². The van der Waals surface area contributed by atoms with Crippen LogP contribution in [0.4, 0.5) is 11.5 Å². The van der Waals surface area contributed by atoms with Gasteiger partial charge in [0.05, 0.1) is 5.69 Å². The topological polar surface area (TPSA) is 40.2 Å². The first kappa shape index (κ1) is 13.1. The van der Waals surface area contributed by atoms with E-state index in [2.05, 4.69) is 40.4 Å². The number of anilines is 2. The Kier molecular flexibility index (Phi) is 3.76. The maximum absolute atomic E-state index is 4.44. The van der Waals surface area contributed by atoms with Gasteiger partial charge in [0, 0.05) is 32.9 Å². The van der Waals surface area contributed by atoms with Crippen LogP contribution in [0.1, 0.15) is 20.3 Å². The van der Waals surface area contributed by atoms with Gasteiger partial charge in [0.15, 0.2) is 5.82 Å². The van der Waals surface area contributed by atoms with E-state index in [9.17, 15) is 0 Å². The van der Waals surface area contributed by atoms with Gasteiger partial charge in [0.25, 0.3) is 0 Å². The zero-order chi connectivity index (χ0) is 13.2. The number of hydrogen-bond donors (Lipinski definition) is 2. The molecule has 0 bridgehead atoms. The number of nitrogens with one attached hydrogen (secondary N) is 2. The first-order valence-corrected chi connectivity index (χ1v) is 6.60. The van der Waals surface area contributed by atoms with Gasteiger partial charge in [-0.15, -0.1) is 0 Å². The summed E-state index contributed by atoms with van der Waals surface area (Å²) in [5.41, 5.74) is 1.39. The normalized spacial score (nSPS) is 22.6. The molecule has 100 valence electrons. The third-order valence-corrected chi connectivity index (χ3v) is 3.67. The molecule has 1 aromatic heterocycles. The summed E-state index contributed by atoms with van der Waals surface area (Å²) >= 11 is 0. The van der Waals surface area contributed by atoms with E-state index in [0.29, 0.717) is 6.04 Å². The first-order chi connectivity index (χ1) is 8.50. The summed E-state index contributed by atoms with van der Waals surface area (Å²) in [6.07, 6.45) is 2.99. The van der Waals surface area contributed by atoms with Crippen molar-refractivity contribution < 1.29 is 0 Å². The molecule has 0 aliphatic carbocycles. The van der Waals surface area contributed by atoms with Gasteiger partial charge in [-0.3, -0.25) is 0 Å². The number of aromatic nitrogens is 1. The standard InChI is InChI=1S/C14H24N4/c1-14(2)10-15-9-7-12(14)17-11-6-5-8-16-13(11)18(3)4/h5-6,8,12,15,17H,7,9-10H2,1-4H3. The molecule has 1 unspecified atom stereocenters. The van der Waals surface area contributed by atoms with Gasteiger partial charge in [-0.2, -0.15) is 0 Å². The third-order valence-electron chi connectivity index (χ3n) is 3.67. The van der Waals surface area contributed by atoms with Crippen molar-refractivity contribution in [3.63, 3.8) is 0 Å². The van der Waals surface area contributed by atoms with Gasteiger partial charge in [-0.05, 0) is 30.5 Å². The third kappa shape index (κ3) is 2.75. The minimum Gasteiger partial charge on any atom is -0.379 e. The zero-order valence-electron chi connectivity index (χ0n) is 11.8. The second kappa shape index (κ2) is 5.14. The molecule has 0 radical (unpaired) electrons. The van der Waals surface area contributed by atoms with Crippen molar-refractivity contribution in [1.82, 2.24) is 10.3 Å². The van der Waals surface area contributed by atoms with Gasteiger partial charge in [-0.25, -0.2) is 4.98 Å². The molecule has 1 fully saturated rings. The fourth-order valence-corrected chi connectivity index (χ4v) is 2.49. The summed E-state index contributed by atoms with van der Waals surface area (Å²) in [6.45, 7) is 6.76. The summed E-state index contributed by atoms with van der Waals surface area (Å²) < 4.78 is 0. The summed E-state index contributed by atoms with van der Waals surface area (Å²) in [4.78, 5) is 6.49. The summed E-state index contributed by atoms with van der Waals surface area (Å²) in [6, 6.07) is 4.59. The maximum Gasteiger partial charge on any atom is 0.151 e. The van der Waals surface area contributed by atoms with Gasteiger partial charge < -0.3 is 15.5 Å². The minimum absolute atomic E-state index is 0.262. The number of piperidine rings is 1. The van der Waals surface area contributed by atoms with Gasteiger partial charge in [0.2, 0.25) is 0 Å². The number of rotatable bonds is 3. The lowest BCUT2D eigenvalue weighted by Crippen LogP contribution is -2.49. The fraction of sp³-hybridized carbons (Fsp3) is 0.643. The highest BCUT2D eigenvalue weighted by Crippen LogP contribution is 2.30. The van der Waals surface area contributed by atoms with E-state index in [1.165, 1.54) is 0 Å². The predicted octanol–water partition coefficient (Wildman–Crippen LogP) is 1.95. The molecule has 0 amide bonds. The zero-order valence-corrected chi connectivity index (χ0v) is 11.8. The van der Waals surface area contributed by atoms with E-state index in [1.54, 1.807) is 0 Å². The van der Waals surface area contributed by atoms with Crippen LogP contribution in [-0.4, -0.2) is 38.2 Å². The van der Waals surface area contributed by atoms with Crippen molar-refractivity contribution in [2.45, 2.75) is 26.3 Å². The molecule has 1 atom stereocenters. The SMILES string of the molecule is CN(C)c1ncccc1NC1CCNCC1(C)C. The van der Waals surface area contributed by atoms with E-state index in [0.717, 1.165) is 31.0 Å². The average Bonchev–Trinajstić information content (AvgIpc) is 2.32. The smallest absolute Gasteiger partial charge is 0.151 e. The Morgan fingerprint density at radius 3 is 2.89 bits per heavy atom. The van der Waals surface area contributed by atoms with Crippen molar-refractivity contribution in [3.8, 4) is 0 Å². The van der Waals surface area contributed by atoms with Crippen LogP contribution in [0.15, 0.2) is 18.3 Å². The molecular weight excluding hydrogens is 224 g/mol. The molecule has 1 aliphatic heterocycles. The van der Waals surface area contributed by atoms with Crippen molar-refractivity contribution in [2.24, 2.45) is 5.41 Å². The lowest BCUT2D eigenvalue weighted by atomic mass is 9.80. The van der Waals surface area contributed by atoms with Crippen LogP contribution in [0.25, 0.3) is 0 Å². The molecule has 1 aliphatic rings. The number of hydrogen-bond acceptors (Lipinski definition) is 4. The Morgan fingerprint density at radius 2 is 2.22 bits per heavy atom. The van der Waals surface area contributed by atoms with Crippen molar-refractivity contribution in [2.75, 3.05) is 37.4 Å². The summed E-state index contributed by atoms with van der Waals surface area (Å²) in [5, 5.41) is 7.14. The second-order valence-corrected chi connectivity index (χ2v) is 5.92. The Hall–Kier alpha value is -1.29. The summed E-state index contributed by atoms with van der Waals surface area (Å²) in [7, 11) is 4.06. The Balaban J connectivity index is 2.18. The van der Waals surface area contributed by atoms with Gasteiger partial charge >= 0.3 is 0 Å². The van der Waals surface area contributed by atoms with Crippen LogP contribution in [-0.2, 0) is 0 Å². The molecule has 1 aromatic rings. The van der Waals surface area contributed by atoms with Gasteiger partial charge in [0.1, 0.15) is 0 Å². The molecule has 0 aromatic carbocycles. The lowest BCUT2D eigenvalue weighted by molar-refractivity contribution is 0.236. The molecule has 2 N–H and O–H groups in total. The number of pyridine rings is 1. The highest BCUT2D eigenvalue weighted by Gasteiger charge is 2.32. The van der Waals surface area contributed by atoms with Crippen LogP contribution in [0.2, 0.25) is 0 Å². The van der Waals surface area contributed by atoms with E-state index in [-0.39, 0.29) is 5.41 Å². The average molecular weight is 248 g/mol. The van der Waals surface area contributed by atoms with Crippen LogP contribution in [0.5, 0.6) is 0 Å². The Morgan fingerprint density at radius 1 is 1.44 bits per heavy atom. The maximum atomic E-state index is 4.44. The van der Waals surface area contributed by atoms with Crippen LogP contribution >= 0.6 is 0 Å². The van der Waals surface area contributed by atoms with E-state index in [4.69, 9.17) is 0 Å². The molecule has 4 heteroatoms. The molecule has 0 spiro atoms. The van der Waals surface area contributed by atoms with Gasteiger partial charge in [-0.1, -0.05) is 13.8 Å². The predicted molar refractivity (Wildman–Crippen MR) is 77.2 cm³/mol. The van der Waals surface area contributed by atoms with E-state index >= 15 is 0 Å². The van der Waals surface area contributed by atoms with Crippen LogP contribution < -0.4 is 15.5 Å². The van der Waals surface area contributed by atoms with E-state index in [1.807, 2.05) is 26.4 Å². The van der Waals surface area contributed by atoms with Crippen LogP contribution in [0.3, 0.4) is 0 Å². The van der Waals surface area contributed by atoms with Crippen molar-refractivity contribution in [1.29, 1.82) is 0 Å². The largest absolute Gasteiger partial charge is 0.379 e. The highest BCUT2D eigenvalue weighted by molar-refractivity contribution is 5.65. The molecule has 1 saturated heterocycles. The lowest BCUT2D eigenvalue weighted by Gasteiger charge is -2.40. The minimum atomic E-state index is 0.262. The number of nitrogens with zero attached hydrogens (tertiary/aromatic N) is 2. The van der Waals surface area contributed by atoms with E-state index < -0.39 is 0 Å². The van der Waals surface area contributed by atoms with Crippen LogP contribution in [0, 0.1) is 5.41 Å². The fourth-order valence-electron chi connectivity index (χ4n) is 2.49. The monoisotopic (exact) mass is 248 g/mol. The molecular formula is C14H24N4. The Labute approximate surface area is 110 Å².